The van der Waals surface area contributed by atoms with E-state index in [0.717, 1.165) is 41.4 Å². The number of rotatable bonds is 4. The first-order chi connectivity index (χ1) is 15.1. The molecule has 0 radical (unpaired) electrons. The van der Waals surface area contributed by atoms with Crippen LogP contribution in [0, 0.1) is 5.92 Å². The molecule has 0 saturated carbocycles. The maximum absolute atomic E-state index is 13.1. The van der Waals surface area contributed by atoms with E-state index in [1.807, 2.05) is 24.3 Å². The molecule has 1 aliphatic heterocycles. The number of anilines is 1. The smallest absolute Gasteiger partial charge is 0.339 e. The standard InChI is InChI=1S/C24H22N2O5/c1-14-6-8-19-17(10-14)23(16-4-2-3-5-18(16)26-19)24(28)29-12-22(27)25-15-7-9-20-21(11-15)31-13-30-20/h2-5,7,9,11,14H,6,8,10,12-13H2,1H3,(H,25,27)/t14-/m0/s1. The number of aryl methyl sites for hydroxylation is 1. The maximum Gasteiger partial charge on any atom is 0.339 e. The van der Waals surface area contributed by atoms with Crippen molar-refractivity contribution in [2.45, 2.75) is 26.2 Å². The number of carbonyl (C=O) groups excluding carboxylic acids is 2. The van der Waals surface area contributed by atoms with E-state index in [2.05, 4.69) is 12.2 Å². The Kier molecular flexibility index (Phi) is 4.94. The van der Waals surface area contributed by atoms with Gasteiger partial charge in [-0.3, -0.25) is 9.78 Å². The van der Waals surface area contributed by atoms with Crippen molar-refractivity contribution in [1.82, 2.24) is 4.98 Å². The second-order valence-corrected chi connectivity index (χ2v) is 7.97. The minimum absolute atomic E-state index is 0.160. The van der Waals surface area contributed by atoms with Crippen molar-refractivity contribution in [1.29, 1.82) is 0 Å². The first-order valence-electron chi connectivity index (χ1n) is 10.4. The Morgan fingerprint density at radius 2 is 2.00 bits per heavy atom. The van der Waals surface area contributed by atoms with Crippen molar-refractivity contribution < 1.29 is 23.8 Å². The summed E-state index contributed by atoms with van der Waals surface area (Å²) in [5, 5.41) is 3.48. The number of para-hydroxylation sites is 1. The first-order valence-corrected chi connectivity index (χ1v) is 10.4. The van der Waals surface area contributed by atoms with Crippen LogP contribution in [0.25, 0.3) is 10.9 Å². The van der Waals surface area contributed by atoms with Crippen molar-refractivity contribution in [3.05, 3.63) is 59.3 Å². The van der Waals surface area contributed by atoms with E-state index >= 15 is 0 Å². The number of amides is 1. The molecule has 2 aromatic carbocycles. The number of nitrogens with zero attached hydrogens (tertiary/aromatic N) is 1. The fourth-order valence-corrected chi connectivity index (χ4v) is 4.17. The first kappa shape index (κ1) is 19.4. The number of hydrogen-bond donors (Lipinski definition) is 1. The Balaban J connectivity index is 1.34. The molecule has 3 aromatic rings. The van der Waals surface area contributed by atoms with Gasteiger partial charge in [0.15, 0.2) is 18.1 Å². The van der Waals surface area contributed by atoms with Crippen LogP contribution in [0.15, 0.2) is 42.5 Å². The number of nitrogens with one attached hydrogen (secondary N) is 1. The Labute approximate surface area is 179 Å². The average molecular weight is 418 g/mol. The number of pyridine rings is 1. The van der Waals surface area contributed by atoms with E-state index in [9.17, 15) is 9.59 Å². The monoisotopic (exact) mass is 418 g/mol. The van der Waals surface area contributed by atoms with Gasteiger partial charge in [0.25, 0.3) is 5.91 Å². The lowest BCUT2D eigenvalue weighted by Gasteiger charge is -2.24. The molecular formula is C24H22N2O5. The van der Waals surface area contributed by atoms with Crippen molar-refractivity contribution in [3.63, 3.8) is 0 Å². The van der Waals surface area contributed by atoms with Crippen LogP contribution in [0.4, 0.5) is 5.69 Å². The highest BCUT2D eigenvalue weighted by molar-refractivity contribution is 6.06. The normalized spacial score (nSPS) is 16.6. The molecule has 1 amide bonds. The molecule has 1 N–H and O–H groups in total. The average Bonchev–Trinajstić information content (AvgIpc) is 3.24. The minimum atomic E-state index is -0.496. The molecule has 1 aliphatic carbocycles. The molecule has 0 fully saturated rings. The number of aromatic nitrogens is 1. The zero-order chi connectivity index (χ0) is 21.4. The lowest BCUT2D eigenvalue weighted by Crippen LogP contribution is -2.23. The summed E-state index contributed by atoms with van der Waals surface area (Å²) in [6.45, 7) is 1.95. The van der Waals surface area contributed by atoms with E-state index in [1.54, 1.807) is 18.2 Å². The van der Waals surface area contributed by atoms with Crippen LogP contribution < -0.4 is 14.8 Å². The highest BCUT2D eigenvalue weighted by Gasteiger charge is 2.26. The molecule has 1 atom stereocenters. The predicted octanol–water partition coefficient (Wildman–Crippen LogP) is 3.88. The maximum atomic E-state index is 13.1. The Morgan fingerprint density at radius 1 is 1.16 bits per heavy atom. The third-order valence-corrected chi connectivity index (χ3v) is 5.70. The van der Waals surface area contributed by atoms with Crippen molar-refractivity contribution >= 4 is 28.5 Å². The molecule has 158 valence electrons. The fourth-order valence-electron chi connectivity index (χ4n) is 4.17. The Hall–Kier alpha value is -3.61. The van der Waals surface area contributed by atoms with Gasteiger partial charge in [-0.2, -0.15) is 0 Å². The van der Waals surface area contributed by atoms with Crippen molar-refractivity contribution in [2.24, 2.45) is 5.92 Å². The minimum Gasteiger partial charge on any atom is -0.454 e. The summed E-state index contributed by atoms with van der Waals surface area (Å²) < 4.78 is 16.0. The molecular weight excluding hydrogens is 396 g/mol. The van der Waals surface area contributed by atoms with Crippen LogP contribution in [-0.2, 0) is 22.4 Å². The molecule has 2 aliphatic rings. The van der Waals surface area contributed by atoms with Gasteiger partial charge in [-0.15, -0.1) is 0 Å². The quantitative estimate of drug-likeness (QED) is 0.647. The number of benzene rings is 2. The van der Waals surface area contributed by atoms with Crippen LogP contribution in [0.5, 0.6) is 11.5 Å². The van der Waals surface area contributed by atoms with Crippen LogP contribution in [0.2, 0.25) is 0 Å². The van der Waals surface area contributed by atoms with Crippen LogP contribution in [-0.4, -0.2) is 30.3 Å². The molecule has 31 heavy (non-hydrogen) atoms. The van der Waals surface area contributed by atoms with Gasteiger partial charge >= 0.3 is 5.97 Å². The Bertz CT molecular complexity index is 1190. The van der Waals surface area contributed by atoms with Gasteiger partial charge in [0.2, 0.25) is 6.79 Å². The highest BCUT2D eigenvalue weighted by Crippen LogP contribution is 2.34. The van der Waals surface area contributed by atoms with Crippen molar-refractivity contribution in [3.8, 4) is 11.5 Å². The summed E-state index contributed by atoms with van der Waals surface area (Å²) in [4.78, 5) is 30.2. The molecule has 0 bridgehead atoms. The number of fused-ring (bicyclic) bond motifs is 3. The molecule has 2 heterocycles. The largest absolute Gasteiger partial charge is 0.454 e. The number of carbonyl (C=O) groups is 2. The predicted molar refractivity (Wildman–Crippen MR) is 114 cm³/mol. The lowest BCUT2D eigenvalue weighted by atomic mass is 9.84. The second-order valence-electron chi connectivity index (χ2n) is 7.97. The van der Waals surface area contributed by atoms with Crippen molar-refractivity contribution in [2.75, 3.05) is 18.7 Å². The van der Waals surface area contributed by atoms with E-state index in [0.29, 0.717) is 28.7 Å². The fraction of sp³-hybridized carbons (Fsp3) is 0.292. The van der Waals surface area contributed by atoms with E-state index in [-0.39, 0.29) is 13.4 Å². The number of hydrogen-bond acceptors (Lipinski definition) is 6. The summed E-state index contributed by atoms with van der Waals surface area (Å²) in [5.74, 6) is 0.751. The van der Waals surface area contributed by atoms with E-state index in [4.69, 9.17) is 19.2 Å². The van der Waals surface area contributed by atoms with E-state index < -0.39 is 11.9 Å². The third-order valence-electron chi connectivity index (χ3n) is 5.70. The zero-order valence-corrected chi connectivity index (χ0v) is 17.1. The second kappa shape index (κ2) is 7.91. The number of esters is 1. The van der Waals surface area contributed by atoms with Crippen LogP contribution >= 0.6 is 0 Å². The molecule has 0 unspecified atom stereocenters. The summed E-state index contributed by atoms with van der Waals surface area (Å²) in [6.07, 6.45) is 2.66. The van der Waals surface area contributed by atoms with Gasteiger partial charge in [-0.05, 0) is 48.9 Å². The zero-order valence-electron chi connectivity index (χ0n) is 17.1. The molecule has 0 spiro atoms. The van der Waals surface area contributed by atoms with Gasteiger partial charge in [0, 0.05) is 22.8 Å². The summed E-state index contributed by atoms with van der Waals surface area (Å²) in [6, 6.07) is 12.7. The summed E-state index contributed by atoms with van der Waals surface area (Å²) in [7, 11) is 0. The van der Waals surface area contributed by atoms with E-state index in [1.165, 1.54) is 0 Å². The van der Waals surface area contributed by atoms with Crippen LogP contribution in [0.3, 0.4) is 0 Å². The molecule has 1 aromatic heterocycles. The molecule has 5 rings (SSSR count). The lowest BCUT2D eigenvalue weighted by molar-refractivity contribution is -0.119. The Morgan fingerprint density at radius 3 is 2.90 bits per heavy atom. The summed E-state index contributed by atoms with van der Waals surface area (Å²) >= 11 is 0. The molecule has 7 heteroatoms. The third kappa shape index (κ3) is 3.79. The topological polar surface area (TPSA) is 86.8 Å². The number of ether oxygens (including phenoxy) is 3. The molecule has 7 nitrogen and oxygen atoms in total. The van der Waals surface area contributed by atoms with Gasteiger partial charge in [0.05, 0.1) is 11.1 Å². The van der Waals surface area contributed by atoms with Crippen LogP contribution in [0.1, 0.15) is 35.0 Å². The van der Waals surface area contributed by atoms with Gasteiger partial charge in [-0.1, -0.05) is 25.1 Å². The van der Waals surface area contributed by atoms with Gasteiger partial charge < -0.3 is 19.5 Å². The van der Waals surface area contributed by atoms with Gasteiger partial charge in [-0.25, -0.2) is 4.79 Å². The van der Waals surface area contributed by atoms with Gasteiger partial charge in [0.1, 0.15) is 0 Å². The SMILES string of the molecule is C[C@H]1CCc2nc3ccccc3c(C(=O)OCC(=O)Nc3ccc4c(c3)OCO4)c2C1. The highest BCUT2D eigenvalue weighted by atomic mass is 16.7. The molecule has 0 saturated heterocycles. The summed E-state index contributed by atoms with van der Waals surface area (Å²) in [5.41, 5.74) is 3.74.